The van der Waals surface area contributed by atoms with Gasteiger partial charge in [0.25, 0.3) is 0 Å². The standard InChI is InChI=1S/C46H77N/c1-4-47-45-27-19-35(31-43(37-11-7-5-8-12-37)39-21-15-33(2)16-22-39)29-41(45)25-26-42-30-36(20-28-46(42)47)32-44(38-13-9-6-10-14-38)40-23-17-34(3)18-24-40/h31-42,45-46H,4-30H2,1-3H3/b43-31+,44-32+. The quantitative estimate of drug-likeness (QED) is 0.250. The number of likely N-dealkylation sites (tertiary alicyclic amines) is 1. The van der Waals surface area contributed by atoms with Crippen LogP contribution in [-0.2, 0) is 0 Å². The lowest BCUT2D eigenvalue weighted by molar-refractivity contribution is 0.0350. The second-order valence-corrected chi connectivity index (χ2v) is 19.1. The number of hydrogen-bond acceptors (Lipinski definition) is 1. The predicted molar refractivity (Wildman–Crippen MR) is 202 cm³/mol. The highest BCUT2D eigenvalue weighted by molar-refractivity contribution is 5.17. The van der Waals surface area contributed by atoms with Crippen molar-refractivity contribution in [3.05, 3.63) is 23.3 Å². The third kappa shape index (κ3) is 8.50. The summed E-state index contributed by atoms with van der Waals surface area (Å²) in [6.45, 7) is 8.84. The Morgan fingerprint density at radius 2 is 0.830 bits per heavy atom. The Balaban J connectivity index is 1.04. The van der Waals surface area contributed by atoms with E-state index in [0.29, 0.717) is 0 Å². The molecule has 0 aromatic heterocycles. The van der Waals surface area contributed by atoms with Crippen LogP contribution in [0.1, 0.15) is 188 Å². The van der Waals surface area contributed by atoms with Gasteiger partial charge in [0.15, 0.2) is 0 Å². The molecule has 6 unspecified atom stereocenters. The van der Waals surface area contributed by atoms with Gasteiger partial charge in [-0.3, -0.25) is 4.90 Å². The fourth-order valence-corrected chi connectivity index (χ4v) is 13.3. The molecule has 0 aromatic carbocycles. The third-order valence-electron chi connectivity index (χ3n) is 16.1. The summed E-state index contributed by atoms with van der Waals surface area (Å²) in [6, 6.07) is 1.75. The Morgan fingerprint density at radius 3 is 1.21 bits per heavy atom. The number of allylic oxidation sites excluding steroid dienone is 4. The van der Waals surface area contributed by atoms with Crippen molar-refractivity contribution in [1.29, 1.82) is 0 Å². The van der Waals surface area contributed by atoms with Crippen LogP contribution in [0.15, 0.2) is 23.3 Å². The Bertz CT molecular complexity index is 930. The summed E-state index contributed by atoms with van der Waals surface area (Å²) >= 11 is 0. The molecule has 0 aromatic rings. The van der Waals surface area contributed by atoms with Gasteiger partial charge in [0, 0.05) is 12.1 Å². The first kappa shape index (κ1) is 34.9. The molecule has 266 valence electrons. The number of hydrogen-bond donors (Lipinski definition) is 0. The normalized spacial score (nSPS) is 42.4. The van der Waals surface area contributed by atoms with Gasteiger partial charge < -0.3 is 0 Å². The molecule has 1 aliphatic heterocycles. The monoisotopic (exact) mass is 644 g/mol. The first-order valence-electron chi connectivity index (χ1n) is 22.2. The van der Waals surface area contributed by atoms with Gasteiger partial charge in [0.1, 0.15) is 0 Å². The van der Waals surface area contributed by atoms with Crippen molar-refractivity contribution >= 4 is 0 Å². The van der Waals surface area contributed by atoms with Gasteiger partial charge >= 0.3 is 0 Å². The number of fused-ring (bicyclic) bond motifs is 2. The van der Waals surface area contributed by atoms with Gasteiger partial charge in [-0.05, 0) is 168 Å². The summed E-state index contributed by atoms with van der Waals surface area (Å²) in [4.78, 5) is 3.12. The minimum Gasteiger partial charge on any atom is -0.297 e. The molecule has 1 nitrogen and oxygen atoms in total. The summed E-state index contributed by atoms with van der Waals surface area (Å²) in [5.74, 6) is 9.30. The molecule has 0 N–H and O–H groups in total. The highest BCUT2D eigenvalue weighted by Gasteiger charge is 2.44. The number of nitrogens with zero attached hydrogens (tertiary/aromatic N) is 1. The lowest BCUT2D eigenvalue weighted by Gasteiger charge is -2.47. The van der Waals surface area contributed by atoms with Crippen molar-refractivity contribution in [3.63, 3.8) is 0 Å². The maximum absolute atomic E-state index is 3.12. The van der Waals surface area contributed by atoms with Crippen LogP contribution in [0, 0.1) is 59.2 Å². The third-order valence-corrected chi connectivity index (χ3v) is 16.1. The summed E-state index contributed by atoms with van der Waals surface area (Å²) in [5.41, 5.74) is 3.98. The highest BCUT2D eigenvalue weighted by atomic mass is 15.2. The van der Waals surface area contributed by atoms with E-state index >= 15 is 0 Å². The van der Waals surface area contributed by atoms with Gasteiger partial charge in [-0.25, -0.2) is 0 Å². The van der Waals surface area contributed by atoms with Gasteiger partial charge in [-0.1, -0.05) is 108 Å². The van der Waals surface area contributed by atoms with Crippen LogP contribution < -0.4 is 0 Å². The van der Waals surface area contributed by atoms with Crippen molar-refractivity contribution < 1.29 is 0 Å². The van der Waals surface area contributed by atoms with E-state index in [9.17, 15) is 0 Å². The van der Waals surface area contributed by atoms with E-state index in [-0.39, 0.29) is 0 Å². The molecule has 0 spiro atoms. The van der Waals surface area contributed by atoms with E-state index in [1.54, 1.807) is 0 Å². The average Bonchev–Trinajstić information content (AvgIpc) is 3.27. The fraction of sp³-hybridized carbons (Fsp3) is 0.913. The molecule has 1 heterocycles. The van der Waals surface area contributed by atoms with E-state index in [1.165, 1.54) is 173 Å². The molecule has 1 heteroatoms. The smallest absolute Gasteiger partial charge is 0.0127 e. The van der Waals surface area contributed by atoms with Crippen LogP contribution in [-0.4, -0.2) is 23.5 Å². The van der Waals surface area contributed by atoms with Crippen molar-refractivity contribution in [2.75, 3.05) is 6.54 Å². The van der Waals surface area contributed by atoms with E-state index in [1.807, 2.05) is 11.1 Å². The van der Waals surface area contributed by atoms with Crippen molar-refractivity contribution in [1.82, 2.24) is 4.90 Å². The van der Waals surface area contributed by atoms with Crippen molar-refractivity contribution in [2.45, 2.75) is 200 Å². The van der Waals surface area contributed by atoms with Gasteiger partial charge in [-0.15, -0.1) is 0 Å². The zero-order valence-corrected chi connectivity index (χ0v) is 31.6. The molecule has 6 saturated carbocycles. The lowest BCUT2D eigenvalue weighted by Crippen LogP contribution is -2.50. The van der Waals surface area contributed by atoms with Crippen LogP contribution >= 0.6 is 0 Å². The lowest BCUT2D eigenvalue weighted by atomic mass is 9.69. The summed E-state index contributed by atoms with van der Waals surface area (Å²) in [6.07, 6.45) is 44.8. The zero-order chi connectivity index (χ0) is 32.2. The first-order valence-corrected chi connectivity index (χ1v) is 22.2. The Kier molecular flexibility index (Phi) is 12.3. The van der Waals surface area contributed by atoms with E-state index in [0.717, 1.165) is 71.3 Å². The summed E-state index contributed by atoms with van der Waals surface area (Å²) < 4.78 is 0. The fourth-order valence-electron chi connectivity index (χ4n) is 13.3. The molecule has 6 aliphatic carbocycles. The van der Waals surface area contributed by atoms with Gasteiger partial charge in [-0.2, -0.15) is 0 Å². The minimum absolute atomic E-state index is 0.873. The molecular weight excluding hydrogens is 567 g/mol. The molecule has 7 aliphatic rings. The Labute approximate surface area is 293 Å². The zero-order valence-electron chi connectivity index (χ0n) is 31.6. The molecule has 0 bridgehead atoms. The molecular formula is C46H77N. The van der Waals surface area contributed by atoms with Crippen LogP contribution in [0.5, 0.6) is 0 Å². The van der Waals surface area contributed by atoms with Crippen LogP contribution in [0.2, 0.25) is 0 Å². The maximum atomic E-state index is 3.12. The summed E-state index contributed by atoms with van der Waals surface area (Å²) in [7, 11) is 0. The van der Waals surface area contributed by atoms with Crippen molar-refractivity contribution in [2.24, 2.45) is 59.2 Å². The van der Waals surface area contributed by atoms with Crippen LogP contribution in [0.25, 0.3) is 0 Å². The minimum atomic E-state index is 0.873. The molecule has 1 saturated heterocycles. The molecule has 47 heavy (non-hydrogen) atoms. The van der Waals surface area contributed by atoms with E-state index < -0.39 is 0 Å². The SMILES string of the molecule is CCN1C2CCC(/C=C(\C3CCCCC3)C3CCC(C)CC3)CC2CCC2CC(/C=C(\C3CCCCC3)C3CCC(C)CC3)CCC21. The van der Waals surface area contributed by atoms with Crippen LogP contribution in [0.4, 0.5) is 0 Å². The van der Waals surface area contributed by atoms with Gasteiger partial charge in [0.05, 0.1) is 0 Å². The largest absolute Gasteiger partial charge is 0.297 e. The number of rotatable bonds is 7. The predicted octanol–water partition coefficient (Wildman–Crippen LogP) is 13.3. The van der Waals surface area contributed by atoms with E-state index in [4.69, 9.17) is 0 Å². The Hall–Kier alpha value is -0.560. The summed E-state index contributed by atoms with van der Waals surface area (Å²) in [5, 5.41) is 0. The average molecular weight is 644 g/mol. The molecule has 7 rings (SSSR count). The second kappa shape index (κ2) is 16.6. The maximum Gasteiger partial charge on any atom is 0.0127 e. The van der Waals surface area contributed by atoms with Gasteiger partial charge in [0.2, 0.25) is 0 Å². The topological polar surface area (TPSA) is 3.24 Å². The molecule has 0 radical (unpaired) electrons. The first-order chi connectivity index (χ1) is 23.1. The molecule has 6 atom stereocenters. The van der Waals surface area contributed by atoms with Crippen molar-refractivity contribution in [3.8, 4) is 0 Å². The second-order valence-electron chi connectivity index (χ2n) is 19.1. The Morgan fingerprint density at radius 1 is 0.447 bits per heavy atom. The molecule has 7 fully saturated rings. The van der Waals surface area contributed by atoms with E-state index in [2.05, 4.69) is 37.8 Å². The van der Waals surface area contributed by atoms with Crippen LogP contribution in [0.3, 0.4) is 0 Å². The highest BCUT2D eigenvalue weighted by Crippen LogP contribution is 2.49. The molecule has 0 amide bonds.